The lowest BCUT2D eigenvalue weighted by atomic mass is 10.2. The van der Waals surface area contributed by atoms with Gasteiger partial charge < -0.3 is 10.5 Å². The first-order valence-electron chi connectivity index (χ1n) is 5.77. The van der Waals surface area contributed by atoms with Crippen LogP contribution in [0.5, 0.6) is 5.75 Å². The van der Waals surface area contributed by atoms with Crippen LogP contribution in [0.2, 0.25) is 0 Å². The number of thioether (sulfide) groups is 1. The third-order valence-corrected chi connectivity index (χ3v) is 4.80. The highest BCUT2D eigenvalue weighted by molar-refractivity contribution is 8.00. The van der Waals surface area contributed by atoms with Gasteiger partial charge >= 0.3 is 0 Å². The van der Waals surface area contributed by atoms with Crippen LogP contribution in [0, 0.1) is 6.92 Å². The van der Waals surface area contributed by atoms with Crippen LogP contribution >= 0.6 is 23.1 Å². The Hall–Kier alpha value is -1.20. The molecule has 18 heavy (non-hydrogen) atoms. The smallest absolute Gasteiger partial charge is 0.181 e. The molecular formula is C13H16N2OS2. The van der Waals surface area contributed by atoms with Gasteiger partial charge in [-0.2, -0.15) is 0 Å². The molecular weight excluding hydrogens is 264 g/mol. The van der Waals surface area contributed by atoms with Crippen LogP contribution in [0.1, 0.15) is 18.2 Å². The third-order valence-electron chi connectivity index (χ3n) is 2.40. The van der Waals surface area contributed by atoms with Crippen LogP contribution in [-0.4, -0.2) is 11.6 Å². The van der Waals surface area contributed by atoms with Crippen LogP contribution in [0.25, 0.3) is 0 Å². The number of para-hydroxylation sites is 1. The van der Waals surface area contributed by atoms with E-state index in [0.29, 0.717) is 11.7 Å². The summed E-state index contributed by atoms with van der Waals surface area (Å²) < 4.78 is 6.79. The predicted molar refractivity (Wildman–Crippen MR) is 78.4 cm³/mol. The highest BCUT2D eigenvalue weighted by Gasteiger charge is 2.08. The number of nitrogen functional groups attached to an aromatic ring is 1. The lowest BCUT2D eigenvalue weighted by molar-refractivity contribution is 0.337. The van der Waals surface area contributed by atoms with E-state index in [4.69, 9.17) is 10.5 Å². The number of aryl methyl sites for hydroxylation is 1. The highest BCUT2D eigenvalue weighted by atomic mass is 32.2. The largest absolute Gasteiger partial charge is 0.494 e. The van der Waals surface area contributed by atoms with Crippen molar-refractivity contribution in [1.82, 2.24) is 4.98 Å². The Morgan fingerprint density at radius 1 is 1.39 bits per heavy atom. The van der Waals surface area contributed by atoms with Crippen molar-refractivity contribution in [3.05, 3.63) is 35.5 Å². The van der Waals surface area contributed by atoms with Crippen molar-refractivity contribution in [1.29, 1.82) is 0 Å². The minimum atomic E-state index is 0.632. The first kappa shape index (κ1) is 13.2. The van der Waals surface area contributed by atoms with Crippen molar-refractivity contribution in [2.45, 2.75) is 23.8 Å². The predicted octanol–water partition coefficient (Wildman–Crippen LogP) is 3.72. The minimum Gasteiger partial charge on any atom is -0.494 e. The number of thiazole rings is 1. The molecule has 0 aliphatic heterocycles. The normalized spacial score (nSPS) is 10.6. The van der Waals surface area contributed by atoms with Gasteiger partial charge in [-0.25, -0.2) is 4.98 Å². The molecule has 0 aliphatic rings. The zero-order chi connectivity index (χ0) is 13.0. The Kier molecular flexibility index (Phi) is 4.49. The lowest BCUT2D eigenvalue weighted by Crippen LogP contribution is -1.95. The lowest BCUT2D eigenvalue weighted by Gasteiger charge is -2.09. The van der Waals surface area contributed by atoms with E-state index in [2.05, 4.69) is 11.1 Å². The van der Waals surface area contributed by atoms with Crippen LogP contribution in [0.4, 0.5) is 5.13 Å². The number of aromatic nitrogens is 1. The molecule has 0 fully saturated rings. The maximum absolute atomic E-state index is 5.70. The molecule has 2 rings (SSSR count). The second kappa shape index (κ2) is 6.11. The summed E-state index contributed by atoms with van der Waals surface area (Å²) in [7, 11) is 0. The van der Waals surface area contributed by atoms with E-state index in [1.165, 1.54) is 9.77 Å². The maximum atomic E-state index is 5.70. The number of anilines is 1. The number of hydrogen-bond donors (Lipinski definition) is 1. The number of rotatable bonds is 5. The number of benzene rings is 1. The topological polar surface area (TPSA) is 48.1 Å². The Morgan fingerprint density at radius 3 is 2.83 bits per heavy atom. The first-order chi connectivity index (χ1) is 8.70. The summed E-state index contributed by atoms with van der Waals surface area (Å²) in [5, 5.41) is 0.632. The van der Waals surface area contributed by atoms with E-state index in [0.717, 1.165) is 17.2 Å². The van der Waals surface area contributed by atoms with E-state index in [9.17, 15) is 0 Å². The van der Waals surface area contributed by atoms with Gasteiger partial charge in [0.15, 0.2) is 5.13 Å². The fraction of sp³-hybridized carbons (Fsp3) is 0.308. The number of nitrogens with two attached hydrogens (primary N) is 1. The summed E-state index contributed by atoms with van der Waals surface area (Å²) in [6.45, 7) is 4.68. The fourth-order valence-electron chi connectivity index (χ4n) is 1.60. The van der Waals surface area contributed by atoms with Crippen molar-refractivity contribution < 1.29 is 4.74 Å². The molecule has 0 bridgehead atoms. The van der Waals surface area contributed by atoms with Crippen LogP contribution < -0.4 is 10.5 Å². The summed E-state index contributed by atoms with van der Waals surface area (Å²) in [5.41, 5.74) is 7.91. The molecule has 5 heteroatoms. The maximum Gasteiger partial charge on any atom is 0.181 e. The standard InChI is InChI=1S/C13H16N2OS2/c1-3-16-11-7-5-4-6-10(11)8-17-12-9(2)15-13(14)18-12/h4-7H,3,8H2,1-2H3,(H2,14,15). The second-order valence-electron chi connectivity index (χ2n) is 3.75. The van der Waals surface area contributed by atoms with Crippen molar-refractivity contribution >= 4 is 28.2 Å². The van der Waals surface area contributed by atoms with Gasteiger partial charge in [-0.15, -0.1) is 11.8 Å². The molecule has 3 nitrogen and oxygen atoms in total. The SMILES string of the molecule is CCOc1ccccc1CSc1sc(N)nc1C. The summed E-state index contributed by atoms with van der Waals surface area (Å²) in [5.74, 6) is 1.83. The molecule has 96 valence electrons. The van der Waals surface area contributed by atoms with Crippen molar-refractivity contribution in [3.63, 3.8) is 0 Å². The molecule has 0 saturated carbocycles. The van der Waals surface area contributed by atoms with E-state index in [-0.39, 0.29) is 0 Å². The molecule has 1 aromatic heterocycles. The number of hydrogen-bond acceptors (Lipinski definition) is 5. The van der Waals surface area contributed by atoms with E-state index in [1.807, 2.05) is 32.0 Å². The summed E-state index contributed by atoms with van der Waals surface area (Å²) in [6.07, 6.45) is 0. The molecule has 1 aromatic carbocycles. The average Bonchev–Trinajstić information content (AvgIpc) is 2.67. The highest BCUT2D eigenvalue weighted by Crippen LogP contribution is 2.34. The molecule has 1 heterocycles. The quantitative estimate of drug-likeness (QED) is 0.848. The summed E-state index contributed by atoms with van der Waals surface area (Å²) >= 11 is 3.30. The zero-order valence-electron chi connectivity index (χ0n) is 10.5. The van der Waals surface area contributed by atoms with Gasteiger partial charge in [0.1, 0.15) is 5.75 Å². The number of nitrogens with zero attached hydrogens (tertiary/aromatic N) is 1. The Morgan fingerprint density at radius 2 is 2.17 bits per heavy atom. The molecule has 0 radical (unpaired) electrons. The Labute approximate surface area is 115 Å². The Balaban J connectivity index is 2.08. The first-order valence-corrected chi connectivity index (χ1v) is 7.57. The fourth-order valence-corrected chi connectivity index (χ4v) is 3.61. The van der Waals surface area contributed by atoms with Crippen molar-refractivity contribution in [2.24, 2.45) is 0 Å². The monoisotopic (exact) mass is 280 g/mol. The molecule has 0 unspecified atom stereocenters. The molecule has 2 N–H and O–H groups in total. The van der Waals surface area contributed by atoms with Gasteiger partial charge in [0.2, 0.25) is 0 Å². The van der Waals surface area contributed by atoms with Crippen LogP contribution in [0.3, 0.4) is 0 Å². The van der Waals surface area contributed by atoms with Gasteiger partial charge in [-0.05, 0) is 19.9 Å². The molecule has 0 atom stereocenters. The van der Waals surface area contributed by atoms with Crippen LogP contribution in [0.15, 0.2) is 28.5 Å². The molecule has 2 aromatic rings. The summed E-state index contributed by atoms with van der Waals surface area (Å²) in [6, 6.07) is 8.13. The van der Waals surface area contributed by atoms with Gasteiger partial charge in [0.05, 0.1) is 16.5 Å². The Bertz CT molecular complexity index is 525. The number of ether oxygens (including phenoxy) is 1. The minimum absolute atomic E-state index is 0.632. The molecule has 0 amide bonds. The average molecular weight is 280 g/mol. The van der Waals surface area contributed by atoms with Crippen molar-refractivity contribution in [3.8, 4) is 5.75 Å². The van der Waals surface area contributed by atoms with Gasteiger partial charge in [0, 0.05) is 11.3 Å². The van der Waals surface area contributed by atoms with Crippen LogP contribution in [-0.2, 0) is 5.75 Å². The van der Waals surface area contributed by atoms with Crippen molar-refractivity contribution in [2.75, 3.05) is 12.3 Å². The van der Waals surface area contributed by atoms with E-state index in [1.54, 1.807) is 23.1 Å². The molecule has 0 aliphatic carbocycles. The van der Waals surface area contributed by atoms with Gasteiger partial charge in [0.25, 0.3) is 0 Å². The van der Waals surface area contributed by atoms with Gasteiger partial charge in [-0.1, -0.05) is 29.5 Å². The molecule has 0 saturated heterocycles. The molecule has 0 spiro atoms. The van der Waals surface area contributed by atoms with E-state index < -0.39 is 0 Å². The summed E-state index contributed by atoms with van der Waals surface area (Å²) in [4.78, 5) is 4.23. The third kappa shape index (κ3) is 3.17. The zero-order valence-corrected chi connectivity index (χ0v) is 12.1. The van der Waals surface area contributed by atoms with Gasteiger partial charge in [-0.3, -0.25) is 0 Å². The second-order valence-corrected chi connectivity index (χ2v) is 6.03. The van der Waals surface area contributed by atoms with E-state index >= 15 is 0 Å².